The molecule has 2 aromatic heterocycles. The lowest BCUT2D eigenvalue weighted by Gasteiger charge is -2.16. The van der Waals surface area contributed by atoms with Gasteiger partial charge >= 0.3 is 0 Å². The van der Waals surface area contributed by atoms with Gasteiger partial charge in [-0.3, -0.25) is 4.68 Å². The second kappa shape index (κ2) is 6.26. The molecule has 1 atom stereocenters. The van der Waals surface area contributed by atoms with E-state index in [1.807, 2.05) is 13.8 Å². The standard InChI is InChI=1S/C19H24ClN3O/c1-11-6-7-18-17(8-11)12(2)14(4)22(18)9-16(24)10-23-15(5)19(20)13(3)21-23/h6-8,16,24H,9-10H2,1-5H3/t16-/m0/s1. The Labute approximate surface area is 147 Å². The van der Waals surface area contributed by atoms with Crippen molar-refractivity contribution in [3.63, 3.8) is 0 Å². The summed E-state index contributed by atoms with van der Waals surface area (Å²) in [4.78, 5) is 0. The van der Waals surface area contributed by atoms with Gasteiger partial charge in [0.2, 0.25) is 0 Å². The molecule has 128 valence electrons. The number of benzene rings is 1. The van der Waals surface area contributed by atoms with E-state index >= 15 is 0 Å². The first-order valence-electron chi connectivity index (χ1n) is 8.23. The number of aromatic nitrogens is 3. The topological polar surface area (TPSA) is 43.0 Å². The minimum atomic E-state index is -0.533. The summed E-state index contributed by atoms with van der Waals surface area (Å²) >= 11 is 6.19. The van der Waals surface area contributed by atoms with E-state index in [1.54, 1.807) is 4.68 Å². The third-order valence-electron chi connectivity index (χ3n) is 4.86. The Bertz CT molecular complexity index is 907. The molecular formula is C19H24ClN3O. The Morgan fingerprint density at radius 2 is 1.79 bits per heavy atom. The van der Waals surface area contributed by atoms with Crippen LogP contribution >= 0.6 is 11.6 Å². The first-order valence-corrected chi connectivity index (χ1v) is 8.61. The molecule has 0 fully saturated rings. The van der Waals surface area contributed by atoms with Crippen molar-refractivity contribution in [1.82, 2.24) is 14.3 Å². The number of fused-ring (bicyclic) bond motifs is 1. The Balaban J connectivity index is 1.89. The molecule has 0 unspecified atom stereocenters. The third-order valence-corrected chi connectivity index (χ3v) is 5.41. The van der Waals surface area contributed by atoms with Crippen LogP contribution in [0.3, 0.4) is 0 Å². The van der Waals surface area contributed by atoms with E-state index in [2.05, 4.69) is 48.6 Å². The molecular weight excluding hydrogens is 322 g/mol. The lowest BCUT2D eigenvalue weighted by molar-refractivity contribution is 0.130. The van der Waals surface area contributed by atoms with E-state index in [4.69, 9.17) is 11.6 Å². The maximum Gasteiger partial charge on any atom is 0.0914 e. The number of hydrogen-bond donors (Lipinski definition) is 1. The van der Waals surface area contributed by atoms with Crippen molar-refractivity contribution in [3.8, 4) is 0 Å². The molecule has 1 N–H and O–H groups in total. The molecule has 1 aromatic carbocycles. The number of aliphatic hydroxyl groups is 1. The average molecular weight is 346 g/mol. The molecule has 0 aliphatic carbocycles. The van der Waals surface area contributed by atoms with Crippen LogP contribution in [0.2, 0.25) is 5.02 Å². The fraction of sp³-hybridized carbons (Fsp3) is 0.421. The van der Waals surface area contributed by atoms with Crippen LogP contribution in [0.25, 0.3) is 10.9 Å². The fourth-order valence-corrected chi connectivity index (χ4v) is 3.46. The smallest absolute Gasteiger partial charge is 0.0914 e. The van der Waals surface area contributed by atoms with Crippen LogP contribution in [0.15, 0.2) is 18.2 Å². The van der Waals surface area contributed by atoms with Crippen LogP contribution in [-0.4, -0.2) is 25.6 Å². The number of hydrogen-bond acceptors (Lipinski definition) is 2. The Morgan fingerprint density at radius 1 is 1.08 bits per heavy atom. The predicted octanol–water partition coefficient (Wildman–Crippen LogP) is 4.09. The first-order chi connectivity index (χ1) is 11.3. The lowest BCUT2D eigenvalue weighted by Crippen LogP contribution is -2.24. The highest BCUT2D eigenvalue weighted by atomic mass is 35.5. The van der Waals surface area contributed by atoms with Crippen molar-refractivity contribution in [1.29, 1.82) is 0 Å². The van der Waals surface area contributed by atoms with Gasteiger partial charge in [-0.05, 0) is 52.3 Å². The number of nitrogens with zero attached hydrogens (tertiary/aromatic N) is 3. The van der Waals surface area contributed by atoms with Gasteiger partial charge < -0.3 is 9.67 Å². The average Bonchev–Trinajstić information content (AvgIpc) is 2.90. The van der Waals surface area contributed by atoms with Crippen LogP contribution in [0.5, 0.6) is 0 Å². The van der Waals surface area contributed by atoms with E-state index < -0.39 is 6.10 Å². The first kappa shape index (κ1) is 17.1. The van der Waals surface area contributed by atoms with Crippen molar-refractivity contribution in [2.45, 2.75) is 53.8 Å². The fourth-order valence-electron chi connectivity index (χ4n) is 3.32. The van der Waals surface area contributed by atoms with Crippen molar-refractivity contribution in [2.75, 3.05) is 0 Å². The van der Waals surface area contributed by atoms with Crippen molar-refractivity contribution in [2.24, 2.45) is 0 Å². The van der Waals surface area contributed by atoms with Gasteiger partial charge in [-0.1, -0.05) is 23.2 Å². The van der Waals surface area contributed by atoms with E-state index in [0.717, 1.165) is 11.4 Å². The van der Waals surface area contributed by atoms with E-state index in [-0.39, 0.29) is 0 Å². The highest BCUT2D eigenvalue weighted by molar-refractivity contribution is 6.31. The molecule has 3 aromatic rings. The second-order valence-corrected chi connectivity index (χ2v) is 7.04. The molecule has 0 radical (unpaired) electrons. The summed E-state index contributed by atoms with van der Waals surface area (Å²) in [6.07, 6.45) is -0.533. The van der Waals surface area contributed by atoms with Gasteiger partial charge in [-0.25, -0.2) is 0 Å². The molecule has 0 amide bonds. The monoisotopic (exact) mass is 345 g/mol. The minimum Gasteiger partial charge on any atom is -0.389 e. The SMILES string of the molecule is Cc1ccc2c(c1)c(C)c(C)n2C[C@H](O)Cn1nc(C)c(Cl)c1C. The summed E-state index contributed by atoms with van der Waals surface area (Å²) in [5.74, 6) is 0. The summed E-state index contributed by atoms with van der Waals surface area (Å²) in [6.45, 7) is 11.1. The molecule has 4 nitrogen and oxygen atoms in total. The third kappa shape index (κ3) is 2.85. The number of aliphatic hydroxyl groups excluding tert-OH is 1. The summed E-state index contributed by atoms with van der Waals surface area (Å²) in [6, 6.07) is 6.46. The lowest BCUT2D eigenvalue weighted by atomic mass is 10.1. The van der Waals surface area contributed by atoms with Crippen molar-refractivity contribution in [3.05, 3.63) is 51.4 Å². The van der Waals surface area contributed by atoms with Gasteiger partial charge in [0.15, 0.2) is 0 Å². The maximum atomic E-state index is 10.6. The number of aryl methyl sites for hydroxylation is 3. The second-order valence-electron chi connectivity index (χ2n) is 6.66. The van der Waals surface area contributed by atoms with Gasteiger partial charge in [0, 0.05) is 16.6 Å². The van der Waals surface area contributed by atoms with Crippen LogP contribution < -0.4 is 0 Å². The van der Waals surface area contributed by atoms with Gasteiger partial charge in [0.25, 0.3) is 0 Å². The zero-order chi connectivity index (χ0) is 17.6. The highest BCUT2D eigenvalue weighted by Crippen LogP contribution is 2.27. The number of halogens is 1. The van der Waals surface area contributed by atoms with Crippen molar-refractivity contribution < 1.29 is 5.11 Å². The minimum absolute atomic E-state index is 0.434. The van der Waals surface area contributed by atoms with E-state index in [9.17, 15) is 5.11 Å². The summed E-state index contributed by atoms with van der Waals surface area (Å²) in [5, 5.41) is 16.9. The molecule has 0 saturated heterocycles. The quantitative estimate of drug-likeness (QED) is 0.773. The van der Waals surface area contributed by atoms with Gasteiger partial charge in [-0.15, -0.1) is 0 Å². The van der Waals surface area contributed by atoms with E-state index in [0.29, 0.717) is 18.1 Å². The molecule has 0 aliphatic heterocycles. The summed E-state index contributed by atoms with van der Waals surface area (Å²) in [5.41, 5.74) is 6.59. The molecule has 0 spiro atoms. The van der Waals surface area contributed by atoms with Crippen LogP contribution in [0.4, 0.5) is 0 Å². The Morgan fingerprint density at radius 3 is 2.42 bits per heavy atom. The zero-order valence-electron chi connectivity index (χ0n) is 14.9. The van der Waals surface area contributed by atoms with Crippen LogP contribution in [0.1, 0.15) is 28.2 Å². The van der Waals surface area contributed by atoms with Crippen LogP contribution in [-0.2, 0) is 13.1 Å². The van der Waals surface area contributed by atoms with Gasteiger partial charge in [-0.2, -0.15) is 5.10 Å². The summed E-state index contributed by atoms with van der Waals surface area (Å²) < 4.78 is 3.99. The normalized spacial score (nSPS) is 13.0. The molecule has 5 heteroatoms. The Hall–Kier alpha value is -1.78. The van der Waals surface area contributed by atoms with Gasteiger partial charge in [0.1, 0.15) is 0 Å². The predicted molar refractivity (Wildman–Crippen MR) is 98.9 cm³/mol. The molecule has 0 saturated carbocycles. The van der Waals surface area contributed by atoms with Crippen LogP contribution in [0, 0.1) is 34.6 Å². The van der Waals surface area contributed by atoms with Gasteiger partial charge in [0.05, 0.1) is 35.6 Å². The molecule has 3 rings (SSSR count). The number of rotatable bonds is 4. The van der Waals surface area contributed by atoms with E-state index in [1.165, 1.54) is 27.7 Å². The molecule has 2 heterocycles. The highest BCUT2D eigenvalue weighted by Gasteiger charge is 2.17. The maximum absolute atomic E-state index is 10.6. The molecule has 24 heavy (non-hydrogen) atoms. The molecule has 0 aliphatic rings. The Kier molecular flexibility index (Phi) is 4.45. The largest absolute Gasteiger partial charge is 0.389 e. The van der Waals surface area contributed by atoms with Crippen molar-refractivity contribution >= 4 is 22.5 Å². The zero-order valence-corrected chi connectivity index (χ0v) is 15.6. The summed E-state index contributed by atoms with van der Waals surface area (Å²) in [7, 11) is 0. The molecule has 0 bridgehead atoms.